The second-order valence-corrected chi connectivity index (χ2v) is 5.56. The summed E-state index contributed by atoms with van der Waals surface area (Å²) in [5, 5.41) is 12.9. The van der Waals surface area contributed by atoms with Crippen LogP contribution in [0.2, 0.25) is 0 Å². The number of ether oxygens (including phenoxy) is 1. The number of aryl methyl sites for hydroxylation is 1. The summed E-state index contributed by atoms with van der Waals surface area (Å²) in [5.41, 5.74) is 9.04. The van der Waals surface area contributed by atoms with Crippen molar-refractivity contribution >= 4 is 35.6 Å². The van der Waals surface area contributed by atoms with Gasteiger partial charge in [0.05, 0.1) is 25.9 Å². The zero-order valence-electron chi connectivity index (χ0n) is 14.4. The van der Waals surface area contributed by atoms with Crippen LogP contribution in [0.3, 0.4) is 0 Å². The van der Waals surface area contributed by atoms with Crippen LogP contribution in [0.5, 0.6) is 0 Å². The molecule has 6 heteroatoms. The van der Waals surface area contributed by atoms with Gasteiger partial charge in [-0.05, 0) is 29.7 Å². The van der Waals surface area contributed by atoms with E-state index < -0.39 is 6.10 Å². The van der Waals surface area contributed by atoms with Crippen LogP contribution < -0.4 is 11.1 Å². The molecule has 0 aliphatic rings. The molecule has 2 aromatic carbocycles. The van der Waals surface area contributed by atoms with Gasteiger partial charge in [-0.15, -0.1) is 24.0 Å². The fraction of sp³-hybridized carbons (Fsp3) is 0.316. The smallest absolute Gasteiger partial charge is 0.193 e. The Morgan fingerprint density at radius 1 is 1.16 bits per heavy atom. The molecule has 0 saturated heterocycles. The van der Waals surface area contributed by atoms with Gasteiger partial charge in [-0.25, -0.2) is 0 Å². The van der Waals surface area contributed by atoms with Gasteiger partial charge in [0.25, 0.3) is 0 Å². The van der Waals surface area contributed by atoms with E-state index in [1.165, 1.54) is 5.56 Å². The molecule has 0 bridgehead atoms. The summed E-state index contributed by atoms with van der Waals surface area (Å²) in [4.78, 5) is 4.15. The summed E-state index contributed by atoms with van der Waals surface area (Å²) in [6.07, 6.45) is 0.278. The molecule has 0 saturated carbocycles. The van der Waals surface area contributed by atoms with Crippen molar-refractivity contribution < 1.29 is 9.84 Å². The maximum absolute atomic E-state index is 9.91. The van der Waals surface area contributed by atoms with Crippen molar-refractivity contribution in [3.8, 4) is 0 Å². The lowest BCUT2D eigenvalue weighted by molar-refractivity contribution is 0.0331. The fourth-order valence-corrected chi connectivity index (χ4v) is 2.20. The highest BCUT2D eigenvalue weighted by molar-refractivity contribution is 14.0. The number of rotatable bonds is 8. The molecule has 1 unspecified atom stereocenters. The number of hydrogen-bond acceptors (Lipinski definition) is 3. The predicted octanol–water partition coefficient (Wildman–Crippen LogP) is 3.17. The fourth-order valence-electron chi connectivity index (χ4n) is 2.20. The molecule has 0 aromatic heterocycles. The molecule has 4 N–H and O–H groups in total. The molecule has 2 aromatic rings. The molecule has 2 rings (SSSR count). The maximum Gasteiger partial charge on any atom is 0.193 e. The molecular weight excluding hydrogens is 429 g/mol. The van der Waals surface area contributed by atoms with Crippen molar-refractivity contribution in [1.29, 1.82) is 0 Å². The Balaban J connectivity index is 0.00000312. The monoisotopic (exact) mass is 455 g/mol. The highest BCUT2D eigenvalue weighted by Crippen LogP contribution is 2.10. The first kappa shape index (κ1) is 21.4. The first-order chi connectivity index (χ1) is 11.7. The summed E-state index contributed by atoms with van der Waals surface area (Å²) in [6, 6.07) is 17.8. The van der Waals surface area contributed by atoms with E-state index in [1.807, 2.05) is 48.5 Å². The van der Waals surface area contributed by atoms with Crippen LogP contribution in [0.15, 0.2) is 59.6 Å². The summed E-state index contributed by atoms with van der Waals surface area (Å²) in [6.45, 7) is 2.99. The van der Waals surface area contributed by atoms with E-state index in [-0.39, 0.29) is 43.1 Å². The number of nitrogens with two attached hydrogens (primary N) is 1. The van der Waals surface area contributed by atoms with E-state index in [9.17, 15) is 5.11 Å². The molecule has 0 spiro atoms. The molecule has 0 radical (unpaired) electrons. The van der Waals surface area contributed by atoms with Crippen LogP contribution >= 0.6 is 24.0 Å². The molecule has 0 fully saturated rings. The van der Waals surface area contributed by atoms with Gasteiger partial charge in [0.2, 0.25) is 0 Å². The van der Waals surface area contributed by atoms with Gasteiger partial charge in [-0.1, -0.05) is 49.4 Å². The Labute approximate surface area is 166 Å². The Kier molecular flexibility index (Phi) is 10.1. The van der Waals surface area contributed by atoms with Crippen molar-refractivity contribution in [1.82, 2.24) is 0 Å². The van der Waals surface area contributed by atoms with E-state index in [2.05, 4.69) is 23.3 Å². The van der Waals surface area contributed by atoms with Gasteiger partial charge >= 0.3 is 0 Å². The molecule has 136 valence electrons. The van der Waals surface area contributed by atoms with Crippen molar-refractivity contribution in [2.75, 3.05) is 18.5 Å². The summed E-state index contributed by atoms with van der Waals surface area (Å²) < 4.78 is 5.48. The van der Waals surface area contributed by atoms with Crippen LogP contribution in [0.4, 0.5) is 5.69 Å². The Morgan fingerprint density at radius 2 is 1.88 bits per heavy atom. The van der Waals surface area contributed by atoms with E-state index in [4.69, 9.17) is 10.5 Å². The van der Waals surface area contributed by atoms with Gasteiger partial charge < -0.3 is 20.9 Å². The number of nitrogens with one attached hydrogen (secondary N) is 1. The number of aliphatic imine (C=N–C) groups is 1. The van der Waals surface area contributed by atoms with Crippen LogP contribution in [-0.2, 0) is 17.8 Å². The number of hydrogen-bond donors (Lipinski definition) is 3. The van der Waals surface area contributed by atoms with Gasteiger partial charge in [0, 0.05) is 5.69 Å². The lowest BCUT2D eigenvalue weighted by Crippen LogP contribution is -2.26. The average Bonchev–Trinajstić information content (AvgIpc) is 2.61. The summed E-state index contributed by atoms with van der Waals surface area (Å²) in [5.74, 6) is 0.283. The minimum absolute atomic E-state index is 0. The number of nitrogens with zero attached hydrogens (tertiary/aromatic N) is 1. The Hall–Kier alpha value is -1.64. The van der Waals surface area contributed by atoms with Crippen molar-refractivity contribution in [2.45, 2.75) is 26.1 Å². The van der Waals surface area contributed by atoms with Crippen LogP contribution in [-0.4, -0.2) is 30.3 Å². The molecule has 1 atom stereocenters. The molecule has 0 aliphatic carbocycles. The van der Waals surface area contributed by atoms with Gasteiger partial charge in [0.15, 0.2) is 5.96 Å². The highest BCUT2D eigenvalue weighted by Gasteiger charge is 2.04. The number of aliphatic hydroxyl groups is 1. The number of guanidine groups is 1. The second-order valence-electron chi connectivity index (χ2n) is 5.56. The minimum atomic E-state index is -0.684. The number of aliphatic hydroxyl groups excluding tert-OH is 1. The molecule has 5 nitrogen and oxygen atoms in total. The standard InChI is InChI=1S/C19H25N3O2.HI/c1-2-15-9-6-10-17(11-15)22-19(20)21-12-18(23)14-24-13-16-7-4-3-5-8-16;/h3-11,18,23H,2,12-14H2,1H3,(H3,20,21,22);1H. The second kappa shape index (κ2) is 11.8. The Morgan fingerprint density at radius 3 is 2.60 bits per heavy atom. The molecule has 25 heavy (non-hydrogen) atoms. The first-order valence-electron chi connectivity index (χ1n) is 8.13. The van der Waals surface area contributed by atoms with E-state index in [0.717, 1.165) is 17.7 Å². The largest absolute Gasteiger partial charge is 0.389 e. The highest BCUT2D eigenvalue weighted by atomic mass is 127. The summed E-state index contributed by atoms with van der Waals surface area (Å²) >= 11 is 0. The Bertz CT molecular complexity index is 650. The lowest BCUT2D eigenvalue weighted by atomic mass is 10.1. The number of anilines is 1. The van der Waals surface area contributed by atoms with Crippen LogP contribution in [0.25, 0.3) is 0 Å². The lowest BCUT2D eigenvalue weighted by Gasteiger charge is -2.11. The summed E-state index contributed by atoms with van der Waals surface area (Å²) in [7, 11) is 0. The third-order valence-electron chi connectivity index (χ3n) is 3.50. The number of halogens is 1. The SMILES string of the molecule is CCc1cccc(NC(N)=NCC(O)COCc2ccccc2)c1.I. The molecule has 0 aliphatic heterocycles. The average molecular weight is 455 g/mol. The van der Waals surface area contributed by atoms with Crippen LogP contribution in [0, 0.1) is 0 Å². The van der Waals surface area contributed by atoms with E-state index in [1.54, 1.807) is 0 Å². The number of benzene rings is 2. The molecule has 0 heterocycles. The van der Waals surface area contributed by atoms with Crippen molar-refractivity contribution in [3.63, 3.8) is 0 Å². The van der Waals surface area contributed by atoms with Crippen LogP contribution in [0.1, 0.15) is 18.1 Å². The first-order valence-corrected chi connectivity index (χ1v) is 8.13. The molecular formula is C19H26IN3O2. The maximum atomic E-state index is 9.91. The topological polar surface area (TPSA) is 79.9 Å². The third kappa shape index (κ3) is 8.33. The van der Waals surface area contributed by atoms with Crippen molar-refractivity contribution in [2.24, 2.45) is 10.7 Å². The quantitative estimate of drug-likeness (QED) is 0.325. The predicted molar refractivity (Wildman–Crippen MR) is 113 cm³/mol. The van der Waals surface area contributed by atoms with Gasteiger partial charge in [0.1, 0.15) is 0 Å². The van der Waals surface area contributed by atoms with E-state index in [0.29, 0.717) is 6.61 Å². The zero-order chi connectivity index (χ0) is 17.2. The van der Waals surface area contributed by atoms with Gasteiger partial charge in [-0.2, -0.15) is 0 Å². The minimum Gasteiger partial charge on any atom is -0.389 e. The molecule has 0 amide bonds. The zero-order valence-corrected chi connectivity index (χ0v) is 16.7. The van der Waals surface area contributed by atoms with Crippen molar-refractivity contribution in [3.05, 3.63) is 65.7 Å². The normalized spacial score (nSPS) is 12.3. The van der Waals surface area contributed by atoms with Gasteiger partial charge in [-0.3, -0.25) is 4.99 Å². The van der Waals surface area contributed by atoms with E-state index >= 15 is 0 Å². The third-order valence-corrected chi connectivity index (χ3v) is 3.50.